The van der Waals surface area contributed by atoms with E-state index in [0.29, 0.717) is 12.0 Å². The number of esters is 1. The third kappa shape index (κ3) is 7.11. The van der Waals surface area contributed by atoms with E-state index in [1.54, 1.807) is 0 Å². The molecule has 37 heavy (non-hydrogen) atoms. The van der Waals surface area contributed by atoms with Gasteiger partial charge in [0.15, 0.2) is 11.5 Å². The van der Waals surface area contributed by atoms with Gasteiger partial charge in [-0.2, -0.15) is 0 Å². The Labute approximate surface area is 215 Å². The molecule has 1 heterocycles. The summed E-state index contributed by atoms with van der Waals surface area (Å²) in [5.74, 6) is -0.275. The van der Waals surface area contributed by atoms with E-state index in [9.17, 15) is 19.5 Å². The lowest BCUT2D eigenvalue weighted by molar-refractivity contribution is -0.139. The molecular formula is C27H30N2O8. The van der Waals surface area contributed by atoms with Crippen molar-refractivity contribution in [2.75, 3.05) is 26.1 Å². The van der Waals surface area contributed by atoms with E-state index in [0.717, 1.165) is 5.56 Å². The average molecular weight is 511 g/mol. The lowest BCUT2D eigenvalue weighted by Gasteiger charge is -2.24. The summed E-state index contributed by atoms with van der Waals surface area (Å²) in [5.41, 5.74) is 1.71. The minimum absolute atomic E-state index is 0.0115. The largest absolute Gasteiger partial charge is 0.493 e. The number of hydrogen-bond donors (Lipinski definition) is 2. The van der Waals surface area contributed by atoms with Crippen LogP contribution in [0.1, 0.15) is 35.7 Å². The van der Waals surface area contributed by atoms with Crippen LogP contribution in [0.5, 0.6) is 11.5 Å². The number of carbonyl (C=O) groups excluding carboxylic acids is 3. The Bertz CT molecular complexity index is 1190. The standard InChI is InChI=1S/C27H30N2O8/c1-17(2)37-27(33)28-22-13-24(36-16-18-8-6-5-7-9-18)23(34-3)12-21(22)26(32)29-14-19(10-20(29)15-30)11-25(31)35-4/h5-9,12-14,20,30H,1,10-11,15-16H2,2-4H3,(H,28,33)/t20-/m0/s1. The summed E-state index contributed by atoms with van der Waals surface area (Å²) in [5, 5.41) is 12.4. The maximum atomic E-state index is 13.6. The number of aliphatic hydroxyl groups excluding tert-OH is 1. The highest BCUT2D eigenvalue weighted by Crippen LogP contribution is 2.36. The fraction of sp³-hybridized carbons (Fsp3) is 0.296. The molecule has 196 valence electrons. The fourth-order valence-electron chi connectivity index (χ4n) is 3.79. The van der Waals surface area contributed by atoms with Crippen LogP contribution >= 0.6 is 0 Å². The van der Waals surface area contributed by atoms with Crippen LogP contribution in [0.2, 0.25) is 0 Å². The molecule has 0 radical (unpaired) electrons. The summed E-state index contributed by atoms with van der Waals surface area (Å²) in [4.78, 5) is 39.1. The molecule has 10 nitrogen and oxygen atoms in total. The van der Waals surface area contributed by atoms with Crippen LogP contribution in [0.4, 0.5) is 10.5 Å². The summed E-state index contributed by atoms with van der Waals surface area (Å²) in [7, 11) is 2.71. The maximum absolute atomic E-state index is 13.6. The average Bonchev–Trinajstić information content (AvgIpc) is 3.29. The van der Waals surface area contributed by atoms with Gasteiger partial charge in [0, 0.05) is 12.3 Å². The Morgan fingerprint density at radius 2 is 1.86 bits per heavy atom. The second kappa shape index (κ2) is 12.6. The van der Waals surface area contributed by atoms with Crippen molar-refractivity contribution >= 4 is 23.7 Å². The Morgan fingerprint density at radius 1 is 1.14 bits per heavy atom. The highest BCUT2D eigenvalue weighted by molar-refractivity contribution is 6.04. The molecule has 0 aliphatic carbocycles. The third-order valence-corrected chi connectivity index (χ3v) is 5.53. The van der Waals surface area contributed by atoms with Gasteiger partial charge in [0.25, 0.3) is 5.91 Å². The van der Waals surface area contributed by atoms with Crippen LogP contribution in [0.15, 0.2) is 66.6 Å². The van der Waals surface area contributed by atoms with Crippen LogP contribution in [-0.4, -0.2) is 54.8 Å². The SMILES string of the molecule is C=C(C)OC(=O)Nc1cc(OCc2ccccc2)c(OC)cc1C(=O)N1C=C(CC(=O)OC)C[C@H]1CO. The predicted molar refractivity (Wildman–Crippen MR) is 135 cm³/mol. The zero-order valence-corrected chi connectivity index (χ0v) is 21.0. The number of hydrogen-bond acceptors (Lipinski definition) is 8. The van der Waals surface area contributed by atoms with Crippen LogP contribution in [-0.2, 0) is 20.9 Å². The van der Waals surface area contributed by atoms with Crippen molar-refractivity contribution in [2.24, 2.45) is 0 Å². The second-order valence-electron chi connectivity index (χ2n) is 8.33. The monoisotopic (exact) mass is 510 g/mol. The van der Waals surface area contributed by atoms with Gasteiger partial charge in [0.05, 0.1) is 50.3 Å². The molecule has 0 saturated heterocycles. The van der Waals surface area contributed by atoms with Crippen molar-refractivity contribution in [3.63, 3.8) is 0 Å². The van der Waals surface area contributed by atoms with Crippen LogP contribution < -0.4 is 14.8 Å². The number of anilines is 1. The first-order valence-corrected chi connectivity index (χ1v) is 11.5. The Balaban J connectivity index is 1.98. The number of ether oxygens (including phenoxy) is 4. The first-order valence-electron chi connectivity index (χ1n) is 11.5. The van der Waals surface area contributed by atoms with Crippen molar-refractivity contribution in [2.45, 2.75) is 32.4 Å². The Hall–Kier alpha value is -4.31. The number of amides is 2. The maximum Gasteiger partial charge on any atom is 0.416 e. The predicted octanol–water partition coefficient (Wildman–Crippen LogP) is 4.01. The van der Waals surface area contributed by atoms with Crippen molar-refractivity contribution in [3.8, 4) is 11.5 Å². The van der Waals surface area contributed by atoms with Gasteiger partial charge in [-0.15, -0.1) is 0 Å². The van der Waals surface area contributed by atoms with E-state index in [1.807, 2.05) is 30.3 Å². The lowest BCUT2D eigenvalue weighted by Crippen LogP contribution is -2.36. The summed E-state index contributed by atoms with van der Waals surface area (Å²) in [6.07, 6.45) is 0.959. The number of nitrogens with one attached hydrogen (secondary N) is 1. The molecule has 0 spiro atoms. The Morgan fingerprint density at radius 3 is 2.49 bits per heavy atom. The van der Waals surface area contributed by atoms with Gasteiger partial charge in [0.2, 0.25) is 0 Å². The highest BCUT2D eigenvalue weighted by atomic mass is 16.6. The number of methoxy groups -OCH3 is 2. The minimum atomic E-state index is -0.845. The van der Waals surface area contributed by atoms with Gasteiger partial charge in [-0.1, -0.05) is 36.9 Å². The van der Waals surface area contributed by atoms with Crippen molar-refractivity contribution in [1.29, 1.82) is 0 Å². The van der Waals surface area contributed by atoms with Gasteiger partial charge in [0.1, 0.15) is 6.61 Å². The molecule has 0 bridgehead atoms. The molecule has 3 rings (SSSR count). The molecule has 10 heteroatoms. The summed E-state index contributed by atoms with van der Waals surface area (Å²) in [6.45, 7) is 4.95. The van der Waals surface area contributed by atoms with Crippen molar-refractivity contribution < 1.29 is 38.4 Å². The summed E-state index contributed by atoms with van der Waals surface area (Å²) >= 11 is 0. The van der Waals surface area contributed by atoms with Crippen LogP contribution in [0.25, 0.3) is 0 Å². The number of rotatable bonds is 10. The molecule has 2 aromatic rings. The van der Waals surface area contributed by atoms with Gasteiger partial charge in [-0.25, -0.2) is 4.79 Å². The van der Waals surface area contributed by atoms with E-state index in [4.69, 9.17) is 18.9 Å². The van der Waals surface area contributed by atoms with E-state index in [1.165, 1.54) is 44.4 Å². The quantitative estimate of drug-likeness (QED) is 0.363. The molecule has 1 atom stereocenters. The number of nitrogens with zero attached hydrogens (tertiary/aromatic N) is 1. The van der Waals surface area contributed by atoms with Gasteiger partial charge in [-0.3, -0.25) is 14.9 Å². The third-order valence-electron chi connectivity index (χ3n) is 5.53. The molecule has 2 amide bonds. The minimum Gasteiger partial charge on any atom is -0.493 e. The molecule has 2 N–H and O–H groups in total. The Kier molecular flexibility index (Phi) is 9.28. The van der Waals surface area contributed by atoms with E-state index in [-0.39, 0.29) is 48.1 Å². The smallest absolute Gasteiger partial charge is 0.416 e. The van der Waals surface area contributed by atoms with Gasteiger partial charge >= 0.3 is 12.1 Å². The number of benzene rings is 2. The molecule has 0 aromatic heterocycles. The van der Waals surface area contributed by atoms with Crippen molar-refractivity contribution in [3.05, 3.63) is 77.7 Å². The normalized spacial score (nSPS) is 14.4. The number of aliphatic hydroxyl groups is 1. The van der Waals surface area contributed by atoms with Crippen molar-refractivity contribution in [1.82, 2.24) is 4.90 Å². The highest BCUT2D eigenvalue weighted by Gasteiger charge is 2.32. The molecule has 1 aliphatic heterocycles. The lowest BCUT2D eigenvalue weighted by atomic mass is 10.1. The number of allylic oxidation sites excluding steroid dienone is 1. The summed E-state index contributed by atoms with van der Waals surface area (Å²) in [6, 6.07) is 11.8. The number of carbonyl (C=O) groups is 3. The molecule has 2 aromatic carbocycles. The van der Waals surface area contributed by atoms with Crippen LogP contribution in [0.3, 0.4) is 0 Å². The fourth-order valence-corrected chi connectivity index (χ4v) is 3.79. The second-order valence-corrected chi connectivity index (χ2v) is 8.33. The first kappa shape index (κ1) is 27.3. The topological polar surface area (TPSA) is 124 Å². The zero-order chi connectivity index (χ0) is 26.9. The zero-order valence-electron chi connectivity index (χ0n) is 21.0. The molecule has 0 unspecified atom stereocenters. The van der Waals surface area contributed by atoms with Crippen LogP contribution in [0, 0.1) is 0 Å². The van der Waals surface area contributed by atoms with Gasteiger partial charge in [-0.05, 0) is 30.5 Å². The first-order chi connectivity index (χ1) is 17.7. The van der Waals surface area contributed by atoms with E-state index >= 15 is 0 Å². The molecule has 0 fully saturated rings. The molecule has 1 aliphatic rings. The molecular weight excluding hydrogens is 480 g/mol. The van der Waals surface area contributed by atoms with E-state index < -0.39 is 24.0 Å². The van der Waals surface area contributed by atoms with E-state index in [2.05, 4.69) is 11.9 Å². The summed E-state index contributed by atoms with van der Waals surface area (Å²) < 4.78 is 21.1. The molecule has 0 saturated carbocycles. The van der Waals surface area contributed by atoms with Gasteiger partial charge < -0.3 is 29.0 Å².